The van der Waals surface area contributed by atoms with Crippen molar-refractivity contribution in [1.82, 2.24) is 0 Å². The molecule has 3 aromatic carbocycles. The highest BCUT2D eigenvalue weighted by Gasteiger charge is 2.26. The third-order valence-corrected chi connectivity index (χ3v) is 7.54. The molecule has 0 fully saturated rings. The van der Waals surface area contributed by atoms with Crippen LogP contribution >= 0.6 is 23.4 Å². The molecule has 0 atom stereocenters. The number of halogens is 1. The number of aliphatic carboxylic acids is 1. The van der Waals surface area contributed by atoms with Crippen LogP contribution in [0.2, 0.25) is 5.15 Å². The van der Waals surface area contributed by atoms with Crippen molar-refractivity contribution in [1.29, 1.82) is 0 Å². The Morgan fingerprint density at radius 3 is 2.51 bits per heavy atom. The number of unbranched alkanes of at least 4 members (excludes halogenated alkanes) is 2. The lowest BCUT2D eigenvalue weighted by Gasteiger charge is -2.20. The number of carbonyl (C=O) groups is 1. The Morgan fingerprint density at radius 2 is 1.69 bits per heavy atom. The van der Waals surface area contributed by atoms with Gasteiger partial charge in [0.25, 0.3) is 5.15 Å². The first-order valence-corrected chi connectivity index (χ1v) is 13.0. The minimum Gasteiger partial charge on any atom is -0.481 e. The molecule has 1 aliphatic heterocycles. The van der Waals surface area contributed by atoms with Gasteiger partial charge in [-0.3, -0.25) is 4.79 Å². The fourth-order valence-corrected chi connectivity index (χ4v) is 5.95. The Balaban J connectivity index is 1.52. The number of nitrogens with zero attached hydrogens (tertiary/aromatic N) is 2. The standard InChI is InChI=1S/C29H25ClN2O2S/c30-27-19-21(23-13-6-7-14-24(23)32(27)22-11-3-1-4-12-22)20-28-31(18-10-2-5-17-29(33)34)25-15-8-9-16-26(25)35-28/h1,3-4,6-9,11-16,19-20H,2,5,10,17-18H2/p+1. The molecule has 0 aliphatic carbocycles. The van der Waals surface area contributed by atoms with E-state index in [1.165, 1.54) is 10.6 Å². The van der Waals surface area contributed by atoms with Crippen LogP contribution in [0, 0.1) is 0 Å². The molecule has 1 N–H and O–H groups in total. The lowest BCUT2D eigenvalue weighted by atomic mass is 10.1. The zero-order chi connectivity index (χ0) is 24.2. The number of hydrogen-bond acceptors (Lipinski definition) is 3. The summed E-state index contributed by atoms with van der Waals surface area (Å²) in [7, 11) is 0. The van der Waals surface area contributed by atoms with E-state index in [0.717, 1.165) is 46.6 Å². The van der Waals surface area contributed by atoms with E-state index in [2.05, 4.69) is 70.1 Å². The second-order valence-corrected chi connectivity index (χ2v) is 9.97. The fraction of sp³-hybridized carbons (Fsp3) is 0.172. The van der Waals surface area contributed by atoms with E-state index in [1.807, 2.05) is 30.3 Å². The van der Waals surface area contributed by atoms with Crippen LogP contribution in [0.25, 0.3) is 22.7 Å². The molecule has 1 aliphatic rings. The normalized spacial score (nSPS) is 14.0. The Bertz CT molecular complexity index is 1400. The summed E-state index contributed by atoms with van der Waals surface area (Å²) in [5, 5.41) is 11.9. The van der Waals surface area contributed by atoms with Gasteiger partial charge in [-0.2, -0.15) is 0 Å². The van der Waals surface area contributed by atoms with Crippen LogP contribution in [-0.2, 0) is 4.79 Å². The summed E-state index contributed by atoms with van der Waals surface area (Å²) in [6.07, 6.45) is 4.98. The van der Waals surface area contributed by atoms with E-state index in [4.69, 9.17) is 16.7 Å². The molecule has 0 amide bonds. The van der Waals surface area contributed by atoms with Gasteiger partial charge in [0.15, 0.2) is 0 Å². The molecule has 4 nitrogen and oxygen atoms in total. The third-order valence-electron chi connectivity index (χ3n) is 6.15. The summed E-state index contributed by atoms with van der Waals surface area (Å²) in [5.74, 6) is -0.728. The SMILES string of the molecule is O=C(O)CCCCCN1/C(=C\c2cc(Cl)[n+](-c3ccccc3)c3ccccc23)Sc2ccccc21. The smallest absolute Gasteiger partial charge is 0.303 e. The van der Waals surface area contributed by atoms with Gasteiger partial charge in [-0.1, -0.05) is 60.6 Å². The van der Waals surface area contributed by atoms with Crippen LogP contribution in [0.3, 0.4) is 0 Å². The number of thioether (sulfide) groups is 1. The van der Waals surface area contributed by atoms with Crippen LogP contribution in [0.15, 0.2) is 94.9 Å². The van der Waals surface area contributed by atoms with Gasteiger partial charge in [-0.15, -0.1) is 4.57 Å². The molecule has 0 spiro atoms. The Hall–Kier alpha value is -3.28. The third kappa shape index (κ3) is 5.07. The molecular weight excluding hydrogens is 476 g/mol. The zero-order valence-electron chi connectivity index (χ0n) is 19.2. The second kappa shape index (κ2) is 10.5. The fourth-order valence-electron chi connectivity index (χ4n) is 4.50. The number of fused-ring (bicyclic) bond motifs is 2. The Morgan fingerprint density at radius 1 is 0.943 bits per heavy atom. The van der Waals surface area contributed by atoms with Crippen LogP contribution in [0.4, 0.5) is 5.69 Å². The highest BCUT2D eigenvalue weighted by molar-refractivity contribution is 8.03. The summed E-state index contributed by atoms with van der Waals surface area (Å²) in [6, 6.07) is 29.0. The largest absolute Gasteiger partial charge is 0.481 e. The Labute approximate surface area is 214 Å². The van der Waals surface area contributed by atoms with Gasteiger partial charge < -0.3 is 10.0 Å². The van der Waals surface area contributed by atoms with Gasteiger partial charge in [-0.25, -0.2) is 0 Å². The maximum Gasteiger partial charge on any atom is 0.303 e. The maximum absolute atomic E-state index is 10.9. The molecule has 35 heavy (non-hydrogen) atoms. The molecule has 0 bridgehead atoms. The summed E-state index contributed by atoms with van der Waals surface area (Å²) in [5.41, 5.74) is 4.36. The Kier molecular flexibility index (Phi) is 7.07. The number of pyridine rings is 1. The van der Waals surface area contributed by atoms with Gasteiger partial charge >= 0.3 is 5.97 Å². The molecule has 1 aromatic heterocycles. The lowest BCUT2D eigenvalue weighted by molar-refractivity contribution is -0.564. The van der Waals surface area contributed by atoms with Crippen molar-refractivity contribution < 1.29 is 14.5 Å². The maximum atomic E-state index is 10.9. The van der Waals surface area contributed by atoms with E-state index in [9.17, 15) is 4.79 Å². The monoisotopic (exact) mass is 501 g/mol. The zero-order valence-corrected chi connectivity index (χ0v) is 20.8. The molecule has 176 valence electrons. The molecular formula is C29H26ClN2O2S+. The highest BCUT2D eigenvalue weighted by Crippen LogP contribution is 2.47. The summed E-state index contributed by atoms with van der Waals surface area (Å²) in [6.45, 7) is 0.845. The van der Waals surface area contributed by atoms with Gasteiger partial charge in [-0.05, 0) is 54.3 Å². The summed E-state index contributed by atoms with van der Waals surface area (Å²) in [4.78, 5) is 14.4. The first kappa shape index (κ1) is 23.5. The van der Waals surface area contributed by atoms with Crippen molar-refractivity contribution >= 4 is 52.0 Å². The number of hydrogen-bond donors (Lipinski definition) is 1. The second-order valence-electron chi connectivity index (χ2n) is 8.52. The number of anilines is 1. The predicted molar refractivity (Wildman–Crippen MR) is 144 cm³/mol. The van der Waals surface area contributed by atoms with Gasteiger partial charge in [0.2, 0.25) is 11.2 Å². The number of rotatable bonds is 8. The van der Waals surface area contributed by atoms with Crippen molar-refractivity contribution in [2.45, 2.75) is 30.6 Å². The summed E-state index contributed by atoms with van der Waals surface area (Å²) >= 11 is 8.63. The minimum absolute atomic E-state index is 0.226. The topological polar surface area (TPSA) is 44.4 Å². The molecule has 4 aromatic rings. The molecule has 0 radical (unpaired) electrons. The number of benzene rings is 3. The van der Waals surface area contributed by atoms with E-state index < -0.39 is 5.97 Å². The molecule has 6 heteroatoms. The van der Waals surface area contributed by atoms with Crippen molar-refractivity contribution in [3.8, 4) is 5.69 Å². The van der Waals surface area contributed by atoms with E-state index >= 15 is 0 Å². The molecule has 2 heterocycles. The molecule has 0 unspecified atom stereocenters. The summed E-state index contributed by atoms with van der Waals surface area (Å²) < 4.78 is 2.08. The van der Waals surface area contributed by atoms with Gasteiger partial charge in [0.1, 0.15) is 0 Å². The van der Waals surface area contributed by atoms with Crippen LogP contribution in [0.5, 0.6) is 0 Å². The highest BCUT2D eigenvalue weighted by atomic mass is 35.5. The number of para-hydroxylation sites is 3. The molecule has 0 saturated carbocycles. The lowest BCUT2D eigenvalue weighted by Crippen LogP contribution is -2.33. The van der Waals surface area contributed by atoms with Crippen molar-refractivity contribution in [2.75, 3.05) is 11.4 Å². The predicted octanol–water partition coefficient (Wildman–Crippen LogP) is 7.33. The van der Waals surface area contributed by atoms with Crippen molar-refractivity contribution in [3.05, 3.63) is 101 Å². The average molecular weight is 502 g/mol. The quantitative estimate of drug-likeness (QED) is 0.156. The number of aromatic nitrogens is 1. The number of carboxylic acid groups (broad SMARTS) is 1. The first-order chi connectivity index (χ1) is 17.1. The van der Waals surface area contributed by atoms with E-state index in [0.29, 0.717) is 11.6 Å². The molecule has 0 saturated heterocycles. The van der Waals surface area contributed by atoms with Gasteiger partial charge in [0, 0.05) is 42.1 Å². The van der Waals surface area contributed by atoms with Crippen molar-refractivity contribution in [3.63, 3.8) is 0 Å². The minimum atomic E-state index is -0.728. The van der Waals surface area contributed by atoms with Crippen molar-refractivity contribution in [2.24, 2.45) is 0 Å². The van der Waals surface area contributed by atoms with E-state index in [-0.39, 0.29) is 6.42 Å². The number of carboxylic acids is 1. The van der Waals surface area contributed by atoms with Crippen LogP contribution in [0.1, 0.15) is 31.2 Å². The van der Waals surface area contributed by atoms with Gasteiger partial charge in [0.05, 0.1) is 16.1 Å². The van der Waals surface area contributed by atoms with E-state index in [1.54, 1.807) is 11.8 Å². The average Bonchev–Trinajstić information content (AvgIpc) is 3.21. The molecule has 5 rings (SSSR count). The van der Waals surface area contributed by atoms with Crippen LogP contribution in [-0.4, -0.2) is 17.6 Å². The van der Waals surface area contributed by atoms with Crippen LogP contribution < -0.4 is 9.47 Å². The first-order valence-electron chi connectivity index (χ1n) is 11.8.